The number of nitrogens with two attached hydrogens (primary N) is 1. The maximum atomic E-state index is 5.80. The Bertz CT molecular complexity index is 388. The van der Waals surface area contributed by atoms with Gasteiger partial charge in [0.15, 0.2) is 11.5 Å². The molecule has 0 amide bonds. The predicted molar refractivity (Wildman–Crippen MR) is 68.1 cm³/mol. The molecule has 0 aliphatic heterocycles. The summed E-state index contributed by atoms with van der Waals surface area (Å²) < 4.78 is 15.7. The highest BCUT2D eigenvalue weighted by molar-refractivity contribution is 6.15. The molecular weight excluding hydrogens is 217 g/mol. The van der Waals surface area contributed by atoms with Gasteiger partial charge in [-0.05, 0) is 23.5 Å². The number of hydrogen-bond donors (Lipinski definition) is 1. The summed E-state index contributed by atoms with van der Waals surface area (Å²) in [5, 5.41) is 0. The van der Waals surface area contributed by atoms with Gasteiger partial charge in [-0.3, -0.25) is 0 Å². The third kappa shape index (κ3) is 3.56. The number of benzene rings is 1. The van der Waals surface area contributed by atoms with Gasteiger partial charge in [0, 0.05) is 6.07 Å². The van der Waals surface area contributed by atoms with Crippen LogP contribution in [0.2, 0.25) is 0 Å². The third-order valence-electron chi connectivity index (χ3n) is 2.36. The van der Waals surface area contributed by atoms with E-state index in [-0.39, 0.29) is 0 Å². The van der Waals surface area contributed by atoms with E-state index in [1.54, 1.807) is 34.3 Å². The minimum absolute atomic E-state index is 0.483. The van der Waals surface area contributed by atoms with Crippen molar-refractivity contribution in [2.45, 2.75) is 18.8 Å². The summed E-state index contributed by atoms with van der Waals surface area (Å²) in [7, 11) is 10.6. The summed E-state index contributed by atoms with van der Waals surface area (Å²) in [5.74, 6) is 1.93. The van der Waals surface area contributed by atoms with E-state index in [4.69, 9.17) is 27.8 Å². The van der Waals surface area contributed by atoms with E-state index in [1.807, 2.05) is 6.07 Å². The van der Waals surface area contributed by atoms with Crippen LogP contribution in [0, 0.1) is 0 Å². The maximum Gasteiger partial charge on any atom is 0.164 e. The monoisotopic (exact) mass is 235 g/mol. The van der Waals surface area contributed by atoms with Gasteiger partial charge in [-0.2, -0.15) is 0 Å². The maximum absolute atomic E-state index is 5.80. The predicted octanol–water partition coefficient (Wildman–Crippen LogP) is 1.10. The summed E-state index contributed by atoms with van der Waals surface area (Å²) in [5.41, 5.74) is 5.89. The van der Waals surface area contributed by atoms with Crippen molar-refractivity contribution in [2.24, 2.45) is 5.73 Å². The van der Waals surface area contributed by atoms with Gasteiger partial charge in [0.05, 0.1) is 29.2 Å². The molecule has 4 nitrogen and oxygen atoms in total. The molecule has 1 unspecified atom stereocenters. The molecule has 1 rings (SSSR count). The van der Waals surface area contributed by atoms with Gasteiger partial charge in [0.2, 0.25) is 0 Å². The van der Waals surface area contributed by atoms with Crippen molar-refractivity contribution in [2.75, 3.05) is 21.3 Å². The summed E-state index contributed by atoms with van der Waals surface area (Å²) in [6.45, 7) is 1.75. The van der Waals surface area contributed by atoms with Gasteiger partial charge in [-0.15, -0.1) is 0 Å². The Morgan fingerprint density at radius 1 is 1.06 bits per heavy atom. The van der Waals surface area contributed by atoms with Crippen molar-refractivity contribution in [3.63, 3.8) is 0 Å². The van der Waals surface area contributed by atoms with Crippen molar-refractivity contribution in [3.8, 4) is 17.2 Å². The first-order valence-corrected chi connectivity index (χ1v) is 5.28. The van der Waals surface area contributed by atoms with Crippen LogP contribution in [0.1, 0.15) is 12.5 Å². The van der Waals surface area contributed by atoms with Crippen molar-refractivity contribution < 1.29 is 14.2 Å². The molecule has 0 aromatic heterocycles. The van der Waals surface area contributed by atoms with E-state index >= 15 is 0 Å². The quantitative estimate of drug-likeness (QED) is 0.776. The fourth-order valence-corrected chi connectivity index (χ4v) is 1.64. The minimum atomic E-state index is -0.799. The van der Waals surface area contributed by atoms with Crippen LogP contribution in [0.15, 0.2) is 12.1 Å². The Morgan fingerprint density at radius 2 is 1.53 bits per heavy atom. The van der Waals surface area contributed by atoms with E-state index in [1.165, 1.54) is 0 Å². The molecule has 0 aliphatic rings. The molecule has 0 spiro atoms. The van der Waals surface area contributed by atoms with Crippen LogP contribution >= 0.6 is 0 Å². The average Bonchev–Trinajstić information content (AvgIpc) is 2.26. The van der Waals surface area contributed by atoms with Gasteiger partial charge in [0.25, 0.3) is 0 Å². The second kappa shape index (κ2) is 5.32. The van der Waals surface area contributed by atoms with Gasteiger partial charge >= 0.3 is 0 Å². The average molecular weight is 235 g/mol. The summed E-state index contributed by atoms with van der Waals surface area (Å²) in [6, 6.07) is 3.59. The SMILES string of the molecule is [B]C(C)(N)Cc1cc(OC)c(OC)cc1OC. The first-order chi connectivity index (χ1) is 7.91. The van der Waals surface area contributed by atoms with Gasteiger partial charge in [0.1, 0.15) is 5.75 Å². The molecule has 0 fully saturated rings. The van der Waals surface area contributed by atoms with Crippen LogP contribution in [-0.4, -0.2) is 34.6 Å². The Hall–Kier alpha value is -1.36. The van der Waals surface area contributed by atoms with Crippen molar-refractivity contribution in [1.29, 1.82) is 0 Å². The topological polar surface area (TPSA) is 53.7 Å². The van der Waals surface area contributed by atoms with E-state index in [2.05, 4.69) is 0 Å². The summed E-state index contributed by atoms with van der Waals surface area (Å²) in [4.78, 5) is 0. The Kier molecular flexibility index (Phi) is 4.29. The van der Waals surface area contributed by atoms with Crippen LogP contribution < -0.4 is 19.9 Å². The van der Waals surface area contributed by atoms with E-state index in [0.717, 1.165) is 5.56 Å². The first-order valence-electron chi connectivity index (χ1n) is 5.28. The highest BCUT2D eigenvalue weighted by atomic mass is 16.5. The van der Waals surface area contributed by atoms with Crippen molar-refractivity contribution in [1.82, 2.24) is 0 Å². The fourth-order valence-electron chi connectivity index (χ4n) is 1.64. The number of rotatable bonds is 5. The summed E-state index contributed by atoms with van der Waals surface area (Å²) in [6.07, 6.45) is 0.483. The zero-order valence-electron chi connectivity index (χ0n) is 10.7. The molecule has 1 atom stereocenters. The fraction of sp³-hybridized carbons (Fsp3) is 0.500. The number of ether oxygens (including phenoxy) is 3. The molecule has 1 aromatic rings. The normalized spacial score (nSPS) is 13.9. The number of hydrogen-bond acceptors (Lipinski definition) is 4. The standard InChI is InChI=1S/C12H18BNO3/c1-12(13,14)7-8-5-10(16-3)11(17-4)6-9(8)15-2/h5-6H,7,14H2,1-4H3. The lowest BCUT2D eigenvalue weighted by Crippen LogP contribution is -2.38. The molecule has 0 aliphatic carbocycles. The zero-order valence-corrected chi connectivity index (χ0v) is 10.7. The van der Waals surface area contributed by atoms with E-state index < -0.39 is 5.44 Å². The van der Waals surface area contributed by atoms with Crippen LogP contribution in [0.25, 0.3) is 0 Å². The first kappa shape index (κ1) is 13.7. The molecule has 92 valence electrons. The van der Waals surface area contributed by atoms with Crippen LogP contribution in [0.5, 0.6) is 17.2 Å². The lowest BCUT2D eigenvalue weighted by molar-refractivity contribution is 0.347. The van der Waals surface area contributed by atoms with Gasteiger partial charge in [-0.1, -0.05) is 6.92 Å². The smallest absolute Gasteiger partial charge is 0.164 e. The van der Waals surface area contributed by atoms with Crippen LogP contribution in [0.3, 0.4) is 0 Å². The molecule has 1 aromatic carbocycles. The molecule has 0 saturated carbocycles. The molecule has 5 heteroatoms. The lowest BCUT2D eigenvalue weighted by Gasteiger charge is -2.21. The molecule has 2 radical (unpaired) electrons. The Balaban J connectivity index is 3.19. The minimum Gasteiger partial charge on any atom is -0.496 e. The lowest BCUT2D eigenvalue weighted by atomic mass is 9.76. The van der Waals surface area contributed by atoms with Gasteiger partial charge in [-0.25, -0.2) is 0 Å². The second-order valence-electron chi connectivity index (χ2n) is 4.20. The second-order valence-corrected chi connectivity index (χ2v) is 4.20. The van der Waals surface area contributed by atoms with Crippen molar-refractivity contribution >= 4 is 7.85 Å². The molecular formula is C12H18BNO3. The third-order valence-corrected chi connectivity index (χ3v) is 2.36. The Morgan fingerprint density at radius 3 is 1.94 bits per heavy atom. The number of methoxy groups -OCH3 is 3. The molecule has 0 heterocycles. The van der Waals surface area contributed by atoms with Crippen LogP contribution in [-0.2, 0) is 6.42 Å². The Labute approximate surface area is 103 Å². The summed E-state index contributed by atoms with van der Waals surface area (Å²) >= 11 is 0. The molecule has 0 bridgehead atoms. The largest absolute Gasteiger partial charge is 0.496 e. The van der Waals surface area contributed by atoms with E-state index in [9.17, 15) is 0 Å². The van der Waals surface area contributed by atoms with E-state index in [0.29, 0.717) is 23.7 Å². The highest BCUT2D eigenvalue weighted by Crippen LogP contribution is 2.35. The van der Waals surface area contributed by atoms with Gasteiger partial charge < -0.3 is 19.9 Å². The van der Waals surface area contributed by atoms with Crippen molar-refractivity contribution in [3.05, 3.63) is 17.7 Å². The van der Waals surface area contributed by atoms with Crippen LogP contribution in [0.4, 0.5) is 0 Å². The molecule has 0 saturated heterocycles. The highest BCUT2D eigenvalue weighted by Gasteiger charge is 2.17. The molecule has 17 heavy (non-hydrogen) atoms. The zero-order chi connectivity index (χ0) is 13.1. The molecule has 2 N–H and O–H groups in total.